The van der Waals surface area contributed by atoms with Crippen LogP contribution in [0.25, 0.3) is 0 Å². The Kier molecular flexibility index (Phi) is 4.50. The summed E-state index contributed by atoms with van der Waals surface area (Å²) in [5, 5.41) is 3.44. The molecule has 1 nitrogen and oxygen atoms in total. The highest BCUT2D eigenvalue weighted by atomic mass is 79.9. The van der Waals surface area contributed by atoms with Crippen molar-refractivity contribution >= 4 is 50.5 Å². The highest BCUT2D eigenvalue weighted by Gasteiger charge is 2.11. The molecule has 0 fully saturated rings. The summed E-state index contributed by atoms with van der Waals surface area (Å²) in [4.78, 5) is 1.11. The van der Waals surface area contributed by atoms with Crippen LogP contribution < -0.4 is 5.73 Å². The summed E-state index contributed by atoms with van der Waals surface area (Å²) in [6.07, 6.45) is 0.725. The first kappa shape index (κ1) is 13.4. The number of hydrogen-bond donors (Lipinski definition) is 1. The molecule has 1 aromatic carbocycles. The molecule has 0 spiro atoms. The van der Waals surface area contributed by atoms with E-state index >= 15 is 0 Å². The van der Waals surface area contributed by atoms with Gasteiger partial charge in [0, 0.05) is 26.8 Å². The molecule has 0 aliphatic rings. The Morgan fingerprint density at radius 3 is 2.65 bits per heavy atom. The largest absolute Gasteiger partial charge is 0.324 e. The Hall–Kier alpha value is -0.0600. The van der Waals surface area contributed by atoms with Crippen molar-refractivity contribution < 1.29 is 0 Å². The van der Waals surface area contributed by atoms with E-state index in [4.69, 9.17) is 28.9 Å². The minimum absolute atomic E-state index is 0.0962. The molecule has 0 aliphatic carbocycles. The van der Waals surface area contributed by atoms with Crippen LogP contribution in [0, 0.1) is 0 Å². The van der Waals surface area contributed by atoms with Crippen molar-refractivity contribution in [1.82, 2.24) is 0 Å². The molecule has 1 heterocycles. The van der Waals surface area contributed by atoms with Gasteiger partial charge in [0.05, 0.1) is 5.02 Å². The van der Waals surface area contributed by atoms with Gasteiger partial charge in [-0.25, -0.2) is 0 Å². The zero-order valence-electron chi connectivity index (χ0n) is 8.79. The second kappa shape index (κ2) is 5.72. The van der Waals surface area contributed by atoms with Crippen LogP contribution in [-0.2, 0) is 6.42 Å². The fourth-order valence-electron chi connectivity index (χ4n) is 1.58. The third-order valence-corrected chi connectivity index (χ3v) is 4.49. The van der Waals surface area contributed by atoms with E-state index in [1.807, 2.05) is 29.6 Å². The van der Waals surface area contributed by atoms with Crippen molar-refractivity contribution in [3.63, 3.8) is 0 Å². The lowest BCUT2D eigenvalue weighted by Gasteiger charge is -2.12. The van der Waals surface area contributed by atoms with E-state index in [-0.39, 0.29) is 6.04 Å². The van der Waals surface area contributed by atoms with Gasteiger partial charge in [0.15, 0.2) is 0 Å². The minimum Gasteiger partial charge on any atom is -0.324 e. The molecule has 2 N–H and O–H groups in total. The number of hydrogen-bond acceptors (Lipinski definition) is 2. The van der Waals surface area contributed by atoms with E-state index in [1.54, 1.807) is 11.3 Å². The smallest absolute Gasteiger partial charge is 0.0545 e. The maximum Gasteiger partial charge on any atom is 0.0545 e. The quantitative estimate of drug-likeness (QED) is 0.822. The lowest BCUT2D eigenvalue weighted by atomic mass is 10.0. The van der Waals surface area contributed by atoms with Crippen molar-refractivity contribution in [3.8, 4) is 0 Å². The molecule has 90 valence electrons. The van der Waals surface area contributed by atoms with Crippen molar-refractivity contribution in [2.45, 2.75) is 12.5 Å². The van der Waals surface area contributed by atoms with Crippen molar-refractivity contribution in [2.75, 3.05) is 0 Å². The second-order valence-corrected chi connectivity index (χ2v) is 6.47. The fourth-order valence-corrected chi connectivity index (χ4v) is 3.64. The summed E-state index contributed by atoms with van der Waals surface area (Å²) < 4.78 is 0.938. The van der Waals surface area contributed by atoms with Crippen LogP contribution >= 0.6 is 50.5 Å². The first-order chi connectivity index (χ1) is 8.06. The Labute approximate surface area is 123 Å². The molecule has 17 heavy (non-hydrogen) atoms. The van der Waals surface area contributed by atoms with Crippen molar-refractivity contribution in [2.24, 2.45) is 5.73 Å². The van der Waals surface area contributed by atoms with E-state index in [0.717, 1.165) is 26.4 Å². The van der Waals surface area contributed by atoms with E-state index in [2.05, 4.69) is 15.9 Å². The van der Waals surface area contributed by atoms with Crippen LogP contribution in [0.3, 0.4) is 0 Å². The van der Waals surface area contributed by atoms with Gasteiger partial charge >= 0.3 is 0 Å². The van der Waals surface area contributed by atoms with Gasteiger partial charge < -0.3 is 5.73 Å². The predicted molar refractivity (Wildman–Crippen MR) is 79.1 cm³/mol. The van der Waals surface area contributed by atoms with Gasteiger partial charge in [0.1, 0.15) is 0 Å². The molecule has 0 aliphatic heterocycles. The molecule has 1 unspecified atom stereocenters. The normalized spacial score (nSPS) is 12.7. The molecule has 0 radical (unpaired) electrons. The third-order valence-electron chi connectivity index (χ3n) is 2.41. The number of halogens is 3. The monoisotopic (exact) mass is 349 g/mol. The molecule has 2 aromatic rings. The molecule has 0 saturated carbocycles. The number of rotatable bonds is 3. The zero-order chi connectivity index (χ0) is 12.4. The summed E-state index contributed by atoms with van der Waals surface area (Å²) in [5.41, 5.74) is 7.17. The lowest BCUT2D eigenvalue weighted by molar-refractivity contribution is 0.730. The molecule has 0 saturated heterocycles. The highest BCUT2D eigenvalue weighted by molar-refractivity contribution is 9.10. The molecule has 2 rings (SSSR count). The van der Waals surface area contributed by atoms with Gasteiger partial charge in [-0.2, -0.15) is 0 Å². The van der Waals surface area contributed by atoms with Crippen LogP contribution in [0.5, 0.6) is 0 Å². The molecular weight excluding hydrogens is 341 g/mol. The summed E-state index contributed by atoms with van der Waals surface area (Å²) in [7, 11) is 0. The lowest BCUT2D eigenvalue weighted by Crippen LogP contribution is -2.12. The van der Waals surface area contributed by atoms with E-state index in [9.17, 15) is 0 Å². The average molecular weight is 351 g/mol. The standard InChI is InChI=1S/C12H10BrCl2NS/c13-8-3-7(4-9(14)5-8)11(16)6-12-10(15)1-2-17-12/h1-5,11H,6,16H2. The third kappa shape index (κ3) is 3.46. The Balaban J connectivity index is 2.20. The zero-order valence-corrected chi connectivity index (χ0v) is 12.7. The number of benzene rings is 1. The summed E-state index contributed by atoms with van der Waals surface area (Å²) >= 11 is 17.1. The summed E-state index contributed by atoms with van der Waals surface area (Å²) in [5.74, 6) is 0. The number of nitrogens with two attached hydrogens (primary N) is 1. The van der Waals surface area contributed by atoms with Gasteiger partial charge in [-0.3, -0.25) is 0 Å². The Morgan fingerprint density at radius 1 is 1.29 bits per heavy atom. The summed E-state index contributed by atoms with van der Waals surface area (Å²) in [6, 6.07) is 7.51. The van der Waals surface area contributed by atoms with E-state index in [1.165, 1.54) is 0 Å². The van der Waals surface area contributed by atoms with Crippen LogP contribution in [0.2, 0.25) is 10.0 Å². The first-order valence-corrected chi connectivity index (χ1v) is 7.42. The fraction of sp³-hybridized carbons (Fsp3) is 0.167. The Bertz CT molecular complexity index is 507. The number of thiophene rings is 1. The molecule has 0 amide bonds. The average Bonchev–Trinajstić information content (AvgIpc) is 2.63. The molecular formula is C12H10BrCl2NS. The molecule has 5 heteroatoms. The van der Waals surface area contributed by atoms with Crippen LogP contribution in [0.4, 0.5) is 0 Å². The van der Waals surface area contributed by atoms with Crippen LogP contribution in [0.15, 0.2) is 34.1 Å². The van der Waals surface area contributed by atoms with E-state index < -0.39 is 0 Å². The maximum absolute atomic E-state index is 6.16. The van der Waals surface area contributed by atoms with Gasteiger partial charge in [0.2, 0.25) is 0 Å². The van der Waals surface area contributed by atoms with Crippen LogP contribution in [-0.4, -0.2) is 0 Å². The van der Waals surface area contributed by atoms with Gasteiger partial charge in [-0.15, -0.1) is 11.3 Å². The molecule has 1 aromatic heterocycles. The van der Waals surface area contributed by atoms with Gasteiger partial charge in [-0.1, -0.05) is 39.1 Å². The predicted octanol–water partition coefficient (Wildman–Crippen LogP) is 5.06. The van der Waals surface area contributed by atoms with Gasteiger partial charge in [0.25, 0.3) is 0 Å². The van der Waals surface area contributed by atoms with Gasteiger partial charge in [-0.05, 0) is 35.2 Å². The Morgan fingerprint density at radius 2 is 2.06 bits per heavy atom. The SMILES string of the molecule is NC(Cc1sccc1Cl)c1cc(Cl)cc(Br)c1. The summed E-state index contributed by atoms with van der Waals surface area (Å²) in [6.45, 7) is 0. The first-order valence-electron chi connectivity index (χ1n) is 4.99. The second-order valence-electron chi connectivity index (χ2n) is 3.71. The highest BCUT2D eigenvalue weighted by Crippen LogP contribution is 2.29. The van der Waals surface area contributed by atoms with E-state index in [0.29, 0.717) is 5.02 Å². The van der Waals surface area contributed by atoms with Crippen LogP contribution in [0.1, 0.15) is 16.5 Å². The molecule has 1 atom stereocenters. The minimum atomic E-state index is -0.0962. The topological polar surface area (TPSA) is 26.0 Å². The van der Waals surface area contributed by atoms with Crippen molar-refractivity contribution in [1.29, 1.82) is 0 Å². The van der Waals surface area contributed by atoms with Crippen molar-refractivity contribution in [3.05, 3.63) is 54.6 Å². The maximum atomic E-state index is 6.16. The molecule has 0 bridgehead atoms.